The molecule has 7 rings (SSSR count). The molecule has 5 nitrogen and oxygen atoms in total. The van der Waals surface area contributed by atoms with Gasteiger partial charge in [-0.2, -0.15) is 0 Å². The lowest BCUT2D eigenvalue weighted by molar-refractivity contribution is -0.148. The van der Waals surface area contributed by atoms with Crippen LogP contribution in [-0.2, 0) is 14.4 Å². The van der Waals surface area contributed by atoms with Crippen LogP contribution in [0.25, 0.3) is 0 Å². The van der Waals surface area contributed by atoms with Gasteiger partial charge in [0.2, 0.25) is 17.7 Å². The molecule has 0 aromatic heterocycles. The first-order valence-electron chi connectivity index (χ1n) is 13.3. The van der Waals surface area contributed by atoms with Gasteiger partial charge in [0.25, 0.3) is 0 Å². The minimum absolute atomic E-state index is 0.136. The van der Waals surface area contributed by atoms with Crippen LogP contribution in [0, 0.1) is 17.8 Å². The summed E-state index contributed by atoms with van der Waals surface area (Å²) in [6.07, 6.45) is 0.430. The summed E-state index contributed by atoms with van der Waals surface area (Å²) >= 11 is 0. The highest BCUT2D eigenvalue weighted by Crippen LogP contribution is 2.61. The van der Waals surface area contributed by atoms with Crippen molar-refractivity contribution in [3.8, 4) is 0 Å². The van der Waals surface area contributed by atoms with Gasteiger partial charge in [0.05, 0.1) is 17.9 Å². The number of imide groups is 1. The van der Waals surface area contributed by atoms with E-state index < -0.39 is 17.9 Å². The predicted molar refractivity (Wildman–Crippen MR) is 142 cm³/mol. The van der Waals surface area contributed by atoms with Crippen LogP contribution in [0.15, 0.2) is 78.9 Å². The van der Waals surface area contributed by atoms with E-state index in [4.69, 9.17) is 0 Å². The van der Waals surface area contributed by atoms with Crippen LogP contribution < -0.4 is 5.32 Å². The molecule has 5 heteroatoms. The van der Waals surface area contributed by atoms with Crippen molar-refractivity contribution in [3.63, 3.8) is 0 Å². The first kappa shape index (κ1) is 23.7. The molecule has 3 aliphatic carbocycles. The summed E-state index contributed by atoms with van der Waals surface area (Å²) in [5.74, 6) is -1.84. The SMILES string of the molecule is CC(C)C[C@@H](C(=O)N[C@H](C)c1ccccc1)N1C(=O)[C@@H]2C3c4ccccc4C(c4ccccc43)[C@@H]2C1=O. The fourth-order valence-electron chi connectivity index (χ4n) is 6.92. The van der Waals surface area contributed by atoms with Crippen molar-refractivity contribution >= 4 is 17.7 Å². The molecule has 4 aliphatic rings. The van der Waals surface area contributed by atoms with Gasteiger partial charge in [0, 0.05) is 11.8 Å². The van der Waals surface area contributed by atoms with Crippen molar-refractivity contribution < 1.29 is 14.4 Å². The fourth-order valence-corrected chi connectivity index (χ4v) is 6.92. The lowest BCUT2D eigenvalue weighted by Crippen LogP contribution is -2.51. The summed E-state index contributed by atoms with van der Waals surface area (Å²) in [5, 5.41) is 3.09. The molecule has 1 aliphatic heterocycles. The van der Waals surface area contributed by atoms with E-state index in [-0.39, 0.29) is 41.5 Å². The number of nitrogens with one attached hydrogen (secondary N) is 1. The number of nitrogens with zero attached hydrogens (tertiary/aromatic N) is 1. The van der Waals surface area contributed by atoms with Gasteiger partial charge in [0.1, 0.15) is 6.04 Å². The van der Waals surface area contributed by atoms with Gasteiger partial charge in [-0.15, -0.1) is 0 Å². The highest BCUT2D eigenvalue weighted by molar-refractivity contribution is 6.10. The standard InChI is InChI=1S/C32H32N2O3/c1-18(2)17-25(30(35)33-19(3)20-11-5-4-6-12-20)34-31(36)28-26-21-13-7-8-14-22(21)27(29(28)32(34)37)24-16-10-9-15-23(24)26/h4-16,18-19,25-29H,17H2,1-3H3,(H,33,35)/t19-,25+,26?,27?,28-,29+/m1/s1. The smallest absolute Gasteiger partial charge is 0.243 e. The average Bonchev–Trinajstić information content (AvgIpc) is 3.17. The molecular weight excluding hydrogens is 460 g/mol. The highest BCUT2D eigenvalue weighted by atomic mass is 16.2. The molecule has 0 unspecified atom stereocenters. The Labute approximate surface area is 217 Å². The van der Waals surface area contributed by atoms with Crippen LogP contribution in [-0.4, -0.2) is 28.7 Å². The minimum Gasteiger partial charge on any atom is -0.348 e. The first-order valence-corrected chi connectivity index (χ1v) is 13.3. The topological polar surface area (TPSA) is 66.5 Å². The van der Waals surface area contributed by atoms with E-state index in [1.807, 2.05) is 75.4 Å². The zero-order valence-corrected chi connectivity index (χ0v) is 21.4. The number of hydrogen-bond acceptors (Lipinski definition) is 3. The second kappa shape index (κ2) is 8.98. The summed E-state index contributed by atoms with van der Waals surface area (Å²) in [5.41, 5.74) is 5.53. The van der Waals surface area contributed by atoms with E-state index in [1.54, 1.807) is 0 Å². The normalized spacial score (nSPS) is 24.9. The third kappa shape index (κ3) is 3.63. The average molecular weight is 493 g/mol. The maximum absolute atomic E-state index is 14.2. The van der Waals surface area contributed by atoms with Gasteiger partial charge >= 0.3 is 0 Å². The Hall–Kier alpha value is -3.73. The Morgan fingerprint density at radius 1 is 0.730 bits per heavy atom. The molecule has 4 atom stereocenters. The van der Waals surface area contributed by atoms with E-state index in [0.717, 1.165) is 27.8 Å². The van der Waals surface area contributed by atoms with Gasteiger partial charge in [0.15, 0.2) is 0 Å². The summed E-state index contributed by atoms with van der Waals surface area (Å²) in [7, 11) is 0. The van der Waals surface area contributed by atoms with Crippen LogP contribution in [0.1, 0.15) is 72.9 Å². The largest absolute Gasteiger partial charge is 0.348 e. The minimum atomic E-state index is -0.831. The summed E-state index contributed by atoms with van der Waals surface area (Å²) in [6, 6.07) is 25.1. The number of rotatable bonds is 6. The van der Waals surface area contributed by atoms with Gasteiger partial charge in [-0.25, -0.2) is 0 Å². The van der Waals surface area contributed by atoms with Crippen LogP contribution >= 0.6 is 0 Å². The van der Waals surface area contributed by atoms with Crippen LogP contribution in [0.3, 0.4) is 0 Å². The quantitative estimate of drug-likeness (QED) is 0.483. The summed E-state index contributed by atoms with van der Waals surface area (Å²) in [4.78, 5) is 43.4. The predicted octanol–water partition coefficient (Wildman–Crippen LogP) is 5.17. The monoisotopic (exact) mass is 492 g/mol. The van der Waals surface area contributed by atoms with E-state index in [0.29, 0.717) is 6.42 Å². The Morgan fingerprint density at radius 2 is 1.16 bits per heavy atom. The van der Waals surface area contributed by atoms with Crippen LogP contribution in [0.2, 0.25) is 0 Å². The Morgan fingerprint density at radius 3 is 1.59 bits per heavy atom. The highest BCUT2D eigenvalue weighted by Gasteiger charge is 2.63. The van der Waals surface area contributed by atoms with E-state index >= 15 is 0 Å². The molecule has 3 aromatic carbocycles. The van der Waals surface area contributed by atoms with Crippen molar-refractivity contribution in [3.05, 3.63) is 107 Å². The molecule has 37 heavy (non-hydrogen) atoms. The molecule has 1 N–H and O–H groups in total. The van der Waals surface area contributed by atoms with Crippen molar-refractivity contribution in [1.82, 2.24) is 10.2 Å². The molecule has 0 spiro atoms. The third-order valence-corrected chi connectivity index (χ3v) is 8.45. The Bertz CT molecular complexity index is 1270. The second-order valence-corrected chi connectivity index (χ2v) is 11.1. The molecule has 3 aromatic rings. The van der Waals surface area contributed by atoms with Crippen molar-refractivity contribution in [2.24, 2.45) is 17.8 Å². The molecule has 0 saturated carbocycles. The maximum Gasteiger partial charge on any atom is 0.243 e. The van der Waals surface area contributed by atoms with Crippen LogP contribution in [0.5, 0.6) is 0 Å². The lowest BCUT2D eigenvalue weighted by atomic mass is 9.55. The number of benzene rings is 3. The zero-order chi connectivity index (χ0) is 25.8. The van der Waals surface area contributed by atoms with E-state index in [2.05, 4.69) is 29.6 Å². The van der Waals surface area contributed by atoms with Crippen molar-refractivity contribution in [2.45, 2.75) is 51.1 Å². The molecule has 1 heterocycles. The van der Waals surface area contributed by atoms with Gasteiger partial charge in [-0.3, -0.25) is 19.3 Å². The van der Waals surface area contributed by atoms with Crippen LogP contribution in [0.4, 0.5) is 0 Å². The van der Waals surface area contributed by atoms with E-state index in [9.17, 15) is 14.4 Å². The molecule has 3 amide bonds. The molecule has 1 saturated heterocycles. The van der Waals surface area contributed by atoms with Crippen molar-refractivity contribution in [1.29, 1.82) is 0 Å². The van der Waals surface area contributed by atoms with Gasteiger partial charge < -0.3 is 5.32 Å². The van der Waals surface area contributed by atoms with Gasteiger partial charge in [-0.05, 0) is 47.1 Å². The third-order valence-electron chi connectivity index (χ3n) is 8.45. The molecule has 188 valence electrons. The molecule has 2 bridgehead atoms. The number of amides is 3. The van der Waals surface area contributed by atoms with E-state index in [1.165, 1.54) is 4.90 Å². The van der Waals surface area contributed by atoms with Gasteiger partial charge in [-0.1, -0.05) is 92.7 Å². The summed E-state index contributed by atoms with van der Waals surface area (Å²) < 4.78 is 0. The number of carbonyl (C=O) groups excluding carboxylic acids is 3. The summed E-state index contributed by atoms with van der Waals surface area (Å²) in [6.45, 7) is 5.98. The number of carbonyl (C=O) groups is 3. The molecular formula is C32H32N2O3. The number of hydrogen-bond donors (Lipinski definition) is 1. The van der Waals surface area contributed by atoms with Crippen molar-refractivity contribution in [2.75, 3.05) is 0 Å². The molecule has 1 fully saturated rings. The maximum atomic E-state index is 14.2. The number of likely N-dealkylation sites (tertiary alicyclic amines) is 1. The lowest BCUT2D eigenvalue weighted by Gasteiger charge is -2.45. The second-order valence-electron chi connectivity index (χ2n) is 11.1. The Kier molecular flexibility index (Phi) is 5.74. The fraction of sp³-hybridized carbons (Fsp3) is 0.344. The zero-order valence-electron chi connectivity index (χ0n) is 21.4. The molecule has 0 radical (unpaired) electrons. The first-order chi connectivity index (χ1) is 17.9. The Balaban J connectivity index is 1.38.